The van der Waals surface area contributed by atoms with Crippen molar-refractivity contribution < 1.29 is 9.50 Å². The summed E-state index contributed by atoms with van der Waals surface area (Å²) in [6, 6.07) is 3.20. The number of aryl methyl sites for hydroxylation is 1. The van der Waals surface area contributed by atoms with E-state index in [2.05, 4.69) is 15.9 Å². The van der Waals surface area contributed by atoms with Crippen LogP contribution in [0.25, 0.3) is 0 Å². The molecule has 1 rings (SSSR count). The molecule has 0 radical (unpaired) electrons. The van der Waals surface area contributed by atoms with E-state index < -0.39 is 0 Å². The molecule has 0 fully saturated rings. The van der Waals surface area contributed by atoms with Crippen molar-refractivity contribution in [2.45, 2.75) is 13.5 Å². The molecule has 60 valence electrons. The molecule has 11 heavy (non-hydrogen) atoms. The van der Waals surface area contributed by atoms with Gasteiger partial charge in [-0.1, -0.05) is 6.07 Å². The van der Waals surface area contributed by atoms with E-state index in [0.717, 1.165) is 5.56 Å². The lowest BCUT2D eigenvalue weighted by Crippen LogP contribution is -1.89. The maximum Gasteiger partial charge on any atom is 0.140 e. The third kappa shape index (κ3) is 1.79. The van der Waals surface area contributed by atoms with Gasteiger partial charge in [-0.2, -0.15) is 0 Å². The minimum absolute atomic E-state index is 0.0558. The van der Waals surface area contributed by atoms with Crippen molar-refractivity contribution in [2.24, 2.45) is 0 Å². The van der Waals surface area contributed by atoms with Crippen molar-refractivity contribution in [1.29, 1.82) is 0 Å². The van der Waals surface area contributed by atoms with E-state index in [1.165, 1.54) is 0 Å². The molecule has 0 aliphatic heterocycles. The Labute approximate surface area is 73.0 Å². The van der Waals surface area contributed by atoms with Gasteiger partial charge in [0.05, 0.1) is 11.1 Å². The molecule has 0 saturated heterocycles. The molecule has 3 heteroatoms. The van der Waals surface area contributed by atoms with Crippen LogP contribution in [0.3, 0.4) is 0 Å². The van der Waals surface area contributed by atoms with Crippen LogP contribution >= 0.6 is 15.9 Å². The van der Waals surface area contributed by atoms with Crippen molar-refractivity contribution in [2.75, 3.05) is 0 Å². The normalized spacial score (nSPS) is 10.2. The van der Waals surface area contributed by atoms with Crippen LogP contribution in [0.1, 0.15) is 11.1 Å². The SMILES string of the molecule is Cc1cc(CO)cc(Br)c1F. The molecule has 0 aromatic heterocycles. The average molecular weight is 219 g/mol. The Kier molecular flexibility index (Phi) is 2.62. The summed E-state index contributed by atoms with van der Waals surface area (Å²) >= 11 is 3.05. The molecule has 0 spiro atoms. The first kappa shape index (κ1) is 8.68. The van der Waals surface area contributed by atoms with E-state index in [-0.39, 0.29) is 12.4 Å². The van der Waals surface area contributed by atoms with E-state index in [1.807, 2.05) is 0 Å². The number of benzene rings is 1. The monoisotopic (exact) mass is 218 g/mol. The first-order valence-corrected chi connectivity index (χ1v) is 4.00. The summed E-state index contributed by atoms with van der Waals surface area (Å²) in [5.41, 5.74) is 1.26. The highest BCUT2D eigenvalue weighted by atomic mass is 79.9. The van der Waals surface area contributed by atoms with Crippen LogP contribution in [0, 0.1) is 12.7 Å². The summed E-state index contributed by atoms with van der Waals surface area (Å²) in [7, 11) is 0. The van der Waals surface area contributed by atoms with E-state index in [9.17, 15) is 4.39 Å². The Balaban J connectivity index is 3.21. The van der Waals surface area contributed by atoms with E-state index in [4.69, 9.17) is 5.11 Å². The van der Waals surface area contributed by atoms with Crippen LogP contribution in [0.2, 0.25) is 0 Å². The summed E-state index contributed by atoms with van der Waals surface area (Å²) in [5.74, 6) is -0.262. The van der Waals surface area contributed by atoms with Gasteiger partial charge >= 0.3 is 0 Å². The Morgan fingerprint density at radius 3 is 2.64 bits per heavy atom. The number of rotatable bonds is 1. The summed E-state index contributed by atoms with van der Waals surface area (Å²) < 4.78 is 13.3. The van der Waals surface area contributed by atoms with Gasteiger partial charge in [-0.15, -0.1) is 0 Å². The van der Waals surface area contributed by atoms with Crippen LogP contribution in [-0.4, -0.2) is 5.11 Å². The van der Waals surface area contributed by atoms with Crippen LogP contribution in [-0.2, 0) is 6.61 Å². The van der Waals surface area contributed by atoms with Gasteiger partial charge < -0.3 is 5.11 Å². The zero-order valence-corrected chi connectivity index (χ0v) is 7.65. The van der Waals surface area contributed by atoms with Crippen molar-refractivity contribution in [3.63, 3.8) is 0 Å². The molecule has 1 nitrogen and oxygen atoms in total. The smallest absolute Gasteiger partial charge is 0.140 e. The molecule has 0 unspecified atom stereocenters. The fraction of sp³-hybridized carbons (Fsp3) is 0.250. The maximum absolute atomic E-state index is 12.9. The Morgan fingerprint density at radius 1 is 1.55 bits per heavy atom. The molecule has 0 amide bonds. The van der Waals surface area contributed by atoms with Gasteiger partial charge in [-0.3, -0.25) is 0 Å². The molecule has 0 bridgehead atoms. The van der Waals surface area contributed by atoms with Gasteiger partial charge in [0, 0.05) is 0 Å². The molecule has 1 aromatic rings. The maximum atomic E-state index is 12.9. The Hall–Kier alpha value is -0.410. The third-order valence-electron chi connectivity index (χ3n) is 1.45. The van der Waals surface area contributed by atoms with Crippen LogP contribution in [0.15, 0.2) is 16.6 Å². The van der Waals surface area contributed by atoms with Gasteiger partial charge in [0.15, 0.2) is 0 Å². The first-order chi connectivity index (χ1) is 5.15. The van der Waals surface area contributed by atoms with Gasteiger partial charge in [0.1, 0.15) is 5.82 Å². The molecule has 0 atom stereocenters. The van der Waals surface area contributed by atoms with Crippen molar-refractivity contribution in [3.8, 4) is 0 Å². The van der Waals surface area contributed by atoms with Crippen molar-refractivity contribution in [1.82, 2.24) is 0 Å². The number of hydrogen-bond donors (Lipinski definition) is 1. The number of aliphatic hydroxyl groups is 1. The van der Waals surface area contributed by atoms with E-state index in [1.54, 1.807) is 19.1 Å². The van der Waals surface area contributed by atoms with Gasteiger partial charge in [0.25, 0.3) is 0 Å². The second-order valence-corrected chi connectivity index (χ2v) is 3.22. The lowest BCUT2D eigenvalue weighted by atomic mass is 10.1. The zero-order chi connectivity index (χ0) is 8.43. The molecule has 0 aliphatic rings. The van der Waals surface area contributed by atoms with E-state index in [0.29, 0.717) is 10.0 Å². The highest BCUT2D eigenvalue weighted by Gasteiger charge is 2.03. The first-order valence-electron chi connectivity index (χ1n) is 3.20. The molecular weight excluding hydrogens is 211 g/mol. The molecular formula is C8H8BrFO. The number of halogens is 2. The summed E-state index contributed by atoms with van der Waals surface area (Å²) in [4.78, 5) is 0. The summed E-state index contributed by atoms with van der Waals surface area (Å²) in [6.07, 6.45) is 0. The second-order valence-electron chi connectivity index (χ2n) is 2.37. The molecule has 1 N–H and O–H groups in total. The highest BCUT2D eigenvalue weighted by Crippen LogP contribution is 2.20. The average Bonchev–Trinajstić information content (AvgIpc) is 1.99. The van der Waals surface area contributed by atoms with E-state index >= 15 is 0 Å². The van der Waals surface area contributed by atoms with Crippen LogP contribution in [0.5, 0.6) is 0 Å². The quantitative estimate of drug-likeness (QED) is 0.768. The summed E-state index contributed by atoms with van der Waals surface area (Å²) in [5, 5.41) is 8.73. The minimum Gasteiger partial charge on any atom is -0.392 e. The standard InChI is InChI=1S/C8H8BrFO/c1-5-2-6(4-11)3-7(9)8(5)10/h2-3,11H,4H2,1H3. The minimum atomic E-state index is -0.262. The fourth-order valence-electron chi connectivity index (χ4n) is 0.889. The topological polar surface area (TPSA) is 20.2 Å². The zero-order valence-electron chi connectivity index (χ0n) is 6.06. The predicted octanol–water partition coefficient (Wildman–Crippen LogP) is 2.39. The number of aliphatic hydroxyl groups excluding tert-OH is 1. The second kappa shape index (κ2) is 3.32. The lowest BCUT2D eigenvalue weighted by molar-refractivity contribution is 0.281. The largest absolute Gasteiger partial charge is 0.392 e. The Bertz CT molecular complexity index is 250. The Morgan fingerprint density at radius 2 is 2.18 bits per heavy atom. The van der Waals surface area contributed by atoms with Gasteiger partial charge in [0.2, 0.25) is 0 Å². The predicted molar refractivity (Wildman–Crippen MR) is 44.8 cm³/mol. The van der Waals surface area contributed by atoms with Gasteiger partial charge in [-0.25, -0.2) is 4.39 Å². The lowest BCUT2D eigenvalue weighted by Gasteiger charge is -2.01. The summed E-state index contributed by atoms with van der Waals surface area (Å²) in [6.45, 7) is 1.61. The molecule has 1 aromatic carbocycles. The van der Waals surface area contributed by atoms with Crippen LogP contribution in [0.4, 0.5) is 4.39 Å². The van der Waals surface area contributed by atoms with Gasteiger partial charge in [-0.05, 0) is 40.0 Å². The van der Waals surface area contributed by atoms with Crippen LogP contribution < -0.4 is 0 Å². The van der Waals surface area contributed by atoms with Crippen molar-refractivity contribution in [3.05, 3.63) is 33.5 Å². The number of hydrogen-bond acceptors (Lipinski definition) is 1. The highest BCUT2D eigenvalue weighted by molar-refractivity contribution is 9.10. The molecule has 0 saturated carbocycles. The molecule has 0 heterocycles. The third-order valence-corrected chi connectivity index (χ3v) is 2.03. The van der Waals surface area contributed by atoms with Crippen molar-refractivity contribution >= 4 is 15.9 Å². The fourth-order valence-corrected chi connectivity index (χ4v) is 1.50. The molecule has 0 aliphatic carbocycles.